The Kier molecular flexibility index (Phi) is 8.49. The zero-order valence-electron chi connectivity index (χ0n) is 29.2. The zero-order valence-corrected chi connectivity index (χ0v) is 29.2. The third-order valence-electron chi connectivity index (χ3n) is 9.88. The summed E-state index contributed by atoms with van der Waals surface area (Å²) in [5.41, 5.74) is 15.0. The van der Waals surface area contributed by atoms with Crippen LogP contribution in [0, 0.1) is 0 Å². The van der Waals surface area contributed by atoms with Gasteiger partial charge < -0.3 is 5.32 Å². The second-order valence-electron chi connectivity index (χ2n) is 16.1. The van der Waals surface area contributed by atoms with Crippen molar-refractivity contribution in [3.05, 3.63) is 149 Å². The Bertz CT molecular complexity index is 1810. The predicted molar refractivity (Wildman–Crippen MR) is 199 cm³/mol. The van der Waals surface area contributed by atoms with Crippen molar-refractivity contribution in [1.82, 2.24) is 0 Å². The molecule has 1 heteroatoms. The molecule has 1 unspecified atom stereocenters. The van der Waals surface area contributed by atoms with Crippen molar-refractivity contribution in [1.29, 1.82) is 0 Å². The van der Waals surface area contributed by atoms with Crippen LogP contribution in [0.4, 0.5) is 5.69 Å². The fourth-order valence-electron chi connectivity index (χ4n) is 7.07. The summed E-state index contributed by atoms with van der Waals surface area (Å²) in [7, 11) is 0. The first-order valence-corrected chi connectivity index (χ1v) is 17.1. The molecule has 1 aliphatic rings. The molecule has 0 bridgehead atoms. The van der Waals surface area contributed by atoms with Crippen molar-refractivity contribution < 1.29 is 0 Å². The van der Waals surface area contributed by atoms with E-state index < -0.39 is 0 Å². The minimum absolute atomic E-state index is 0.0103. The highest BCUT2D eigenvalue weighted by atomic mass is 14.9. The fraction of sp³-hybridized carbons (Fsp3) is 0.333. The Morgan fingerprint density at radius 1 is 0.565 bits per heavy atom. The van der Waals surface area contributed by atoms with Gasteiger partial charge in [-0.15, -0.1) is 0 Å². The molecule has 0 amide bonds. The molecule has 0 radical (unpaired) electrons. The minimum atomic E-state index is 0.0103. The van der Waals surface area contributed by atoms with Crippen LogP contribution in [0.2, 0.25) is 0 Å². The van der Waals surface area contributed by atoms with Crippen LogP contribution in [0.1, 0.15) is 101 Å². The lowest BCUT2D eigenvalue weighted by Gasteiger charge is -2.34. The number of benzene rings is 5. The standard InChI is InChI=1S/C45H51N/c1-43(2,3)39-28-36(27-37(29-39)41-25-22-34-17-13-19-40(42(34)46-41)44(4,5)6)35-18-12-14-31(26-35)30-45(7,8)38-23-20-33(21-24-38)32-15-10-9-11-16-32/h9-21,23-24,26-29,41,46H,22,25,30H2,1-8H3. The van der Waals surface area contributed by atoms with E-state index in [1.165, 1.54) is 61.3 Å². The monoisotopic (exact) mass is 605 g/mol. The average Bonchev–Trinajstić information content (AvgIpc) is 3.03. The quantitative estimate of drug-likeness (QED) is 0.203. The Balaban J connectivity index is 1.30. The van der Waals surface area contributed by atoms with Crippen LogP contribution in [0.5, 0.6) is 0 Å². The number of fused-ring (bicyclic) bond motifs is 1. The van der Waals surface area contributed by atoms with Crippen molar-refractivity contribution in [3.8, 4) is 22.3 Å². The Morgan fingerprint density at radius 3 is 1.93 bits per heavy atom. The third-order valence-corrected chi connectivity index (χ3v) is 9.88. The lowest BCUT2D eigenvalue weighted by molar-refractivity contribution is 0.522. The van der Waals surface area contributed by atoms with Crippen molar-refractivity contribution in [2.45, 2.75) is 96.9 Å². The summed E-state index contributed by atoms with van der Waals surface area (Å²) in [6.45, 7) is 18.7. The van der Waals surface area contributed by atoms with Crippen LogP contribution in [0.25, 0.3) is 22.3 Å². The van der Waals surface area contributed by atoms with Crippen molar-refractivity contribution >= 4 is 5.69 Å². The highest BCUT2D eigenvalue weighted by Crippen LogP contribution is 2.41. The molecule has 1 nitrogen and oxygen atoms in total. The molecule has 0 aliphatic carbocycles. The van der Waals surface area contributed by atoms with Gasteiger partial charge in [0.05, 0.1) is 6.04 Å². The smallest absolute Gasteiger partial charge is 0.0517 e. The molecule has 46 heavy (non-hydrogen) atoms. The molecule has 1 N–H and O–H groups in total. The summed E-state index contributed by atoms with van der Waals surface area (Å²) in [6.07, 6.45) is 3.18. The van der Waals surface area contributed by atoms with E-state index in [4.69, 9.17) is 0 Å². The number of hydrogen-bond donors (Lipinski definition) is 1. The van der Waals surface area contributed by atoms with Gasteiger partial charge in [-0.1, -0.05) is 165 Å². The van der Waals surface area contributed by atoms with Crippen molar-refractivity contribution in [3.63, 3.8) is 0 Å². The van der Waals surface area contributed by atoms with Crippen molar-refractivity contribution in [2.24, 2.45) is 0 Å². The number of rotatable bonds is 6. The molecular weight excluding hydrogens is 555 g/mol. The lowest BCUT2D eigenvalue weighted by Crippen LogP contribution is -2.23. The molecule has 236 valence electrons. The van der Waals surface area contributed by atoms with Gasteiger partial charge in [0.1, 0.15) is 0 Å². The van der Waals surface area contributed by atoms with Crippen LogP contribution < -0.4 is 5.32 Å². The maximum Gasteiger partial charge on any atom is 0.0517 e. The second kappa shape index (κ2) is 12.3. The minimum Gasteiger partial charge on any atom is -0.378 e. The first-order chi connectivity index (χ1) is 21.8. The summed E-state index contributed by atoms with van der Waals surface area (Å²) in [5, 5.41) is 4.02. The van der Waals surface area contributed by atoms with E-state index in [9.17, 15) is 0 Å². The molecule has 1 aliphatic heterocycles. The van der Waals surface area contributed by atoms with Gasteiger partial charge in [0.15, 0.2) is 0 Å². The molecule has 0 saturated heterocycles. The number of para-hydroxylation sites is 1. The van der Waals surface area contributed by atoms with E-state index in [1.807, 2.05) is 0 Å². The summed E-state index contributed by atoms with van der Waals surface area (Å²) >= 11 is 0. The van der Waals surface area contributed by atoms with Crippen LogP contribution >= 0.6 is 0 Å². The molecular formula is C45H51N. The van der Waals surface area contributed by atoms with E-state index in [2.05, 4.69) is 176 Å². The normalized spacial score (nSPS) is 15.3. The van der Waals surface area contributed by atoms with Gasteiger partial charge in [-0.2, -0.15) is 0 Å². The first-order valence-electron chi connectivity index (χ1n) is 17.1. The number of nitrogens with one attached hydrogen (secondary N) is 1. The van der Waals surface area contributed by atoms with E-state index in [1.54, 1.807) is 0 Å². The molecule has 6 rings (SSSR count). The van der Waals surface area contributed by atoms with Crippen molar-refractivity contribution in [2.75, 3.05) is 5.32 Å². The SMILES string of the molecule is CC(C)(C)c1cc(-c2cccc(CC(C)(C)c3ccc(-c4ccccc4)cc3)c2)cc(C2CCc3cccc(C(C)(C)C)c3N2)c1. The first kappa shape index (κ1) is 31.9. The second-order valence-corrected chi connectivity index (χ2v) is 16.1. The Morgan fingerprint density at radius 2 is 1.24 bits per heavy atom. The summed E-state index contributed by atoms with van der Waals surface area (Å²) in [6, 6.07) is 43.5. The lowest BCUT2D eigenvalue weighted by atomic mass is 9.78. The molecule has 0 saturated carbocycles. The fourth-order valence-corrected chi connectivity index (χ4v) is 7.07. The number of anilines is 1. The Hall–Kier alpha value is -4.10. The van der Waals surface area contributed by atoms with E-state index >= 15 is 0 Å². The maximum absolute atomic E-state index is 4.02. The van der Waals surface area contributed by atoms with Crippen LogP contribution in [-0.2, 0) is 29.1 Å². The number of hydrogen-bond acceptors (Lipinski definition) is 1. The molecule has 1 atom stereocenters. The van der Waals surface area contributed by atoms with Gasteiger partial charge in [-0.3, -0.25) is 0 Å². The van der Waals surface area contributed by atoms with Crippen LogP contribution in [-0.4, -0.2) is 0 Å². The van der Waals surface area contributed by atoms with E-state index in [0.717, 1.165) is 19.3 Å². The topological polar surface area (TPSA) is 12.0 Å². The molecule has 0 fully saturated rings. The summed E-state index contributed by atoms with van der Waals surface area (Å²) in [4.78, 5) is 0. The summed E-state index contributed by atoms with van der Waals surface area (Å²) < 4.78 is 0. The van der Waals surface area contributed by atoms with Crippen LogP contribution in [0.15, 0.2) is 115 Å². The van der Waals surface area contributed by atoms with Crippen LogP contribution in [0.3, 0.4) is 0 Å². The van der Waals surface area contributed by atoms with Gasteiger partial charge in [-0.05, 0) is 97.2 Å². The molecule has 5 aromatic rings. The van der Waals surface area contributed by atoms with Gasteiger partial charge in [0, 0.05) is 5.69 Å². The summed E-state index contributed by atoms with van der Waals surface area (Å²) in [5.74, 6) is 0. The van der Waals surface area contributed by atoms with E-state index in [0.29, 0.717) is 0 Å². The molecule has 0 spiro atoms. The highest BCUT2D eigenvalue weighted by molar-refractivity contribution is 5.69. The van der Waals surface area contributed by atoms with Gasteiger partial charge in [0.25, 0.3) is 0 Å². The average molecular weight is 606 g/mol. The number of aryl methyl sites for hydroxylation is 1. The van der Waals surface area contributed by atoms with Gasteiger partial charge >= 0.3 is 0 Å². The predicted octanol–water partition coefficient (Wildman–Crippen LogP) is 12.2. The van der Waals surface area contributed by atoms with Gasteiger partial charge in [0.2, 0.25) is 0 Å². The Labute approximate surface area is 278 Å². The van der Waals surface area contributed by atoms with Gasteiger partial charge in [-0.25, -0.2) is 0 Å². The molecule has 1 heterocycles. The largest absolute Gasteiger partial charge is 0.378 e. The molecule has 0 aromatic heterocycles. The highest BCUT2D eigenvalue weighted by Gasteiger charge is 2.28. The molecule has 5 aromatic carbocycles. The van der Waals surface area contributed by atoms with E-state index in [-0.39, 0.29) is 22.3 Å². The third kappa shape index (κ3) is 6.85. The zero-order chi connectivity index (χ0) is 32.7. The maximum atomic E-state index is 4.02.